The zero-order valence-corrected chi connectivity index (χ0v) is 13.0. The van der Waals surface area contributed by atoms with Crippen molar-refractivity contribution in [1.29, 1.82) is 0 Å². The summed E-state index contributed by atoms with van der Waals surface area (Å²) in [6, 6.07) is -0.644. The van der Waals surface area contributed by atoms with Crippen LogP contribution in [0.25, 0.3) is 0 Å². The molecule has 0 spiro atoms. The summed E-state index contributed by atoms with van der Waals surface area (Å²) in [5.41, 5.74) is 0.0842. The maximum atomic E-state index is 12.0. The van der Waals surface area contributed by atoms with Crippen LogP contribution in [0.5, 0.6) is 0 Å². The number of carbonyl (C=O) groups is 3. The molecule has 2 amide bonds. The van der Waals surface area contributed by atoms with Gasteiger partial charge in [-0.15, -0.1) is 0 Å². The zero-order chi connectivity index (χ0) is 16.0. The van der Waals surface area contributed by atoms with E-state index in [0.717, 1.165) is 0 Å². The number of carboxylic acid groups (broad SMARTS) is 1. The Bertz CT molecular complexity index is 425. The lowest BCUT2D eigenvalue weighted by molar-refractivity contribution is -0.134. The van der Waals surface area contributed by atoms with Crippen molar-refractivity contribution in [2.75, 3.05) is 14.1 Å². The number of likely N-dealkylation sites (N-methyl/N-ethyl adjacent to an activating group) is 1. The molecular weight excluding hydrogens is 260 g/mol. The molecule has 1 atom stereocenters. The average Bonchev–Trinajstić information content (AvgIpc) is 2.34. The van der Waals surface area contributed by atoms with Gasteiger partial charge in [-0.25, -0.2) is 4.79 Å². The predicted molar refractivity (Wildman–Crippen MR) is 76.1 cm³/mol. The maximum Gasteiger partial charge on any atom is 0.331 e. The molecule has 0 fully saturated rings. The first-order chi connectivity index (χ1) is 9.07. The number of rotatable bonds is 6. The van der Waals surface area contributed by atoms with Crippen LogP contribution >= 0.6 is 0 Å². The van der Waals surface area contributed by atoms with Gasteiger partial charge in [-0.3, -0.25) is 9.59 Å². The lowest BCUT2D eigenvalue weighted by Gasteiger charge is -2.23. The smallest absolute Gasteiger partial charge is 0.331 e. The maximum absolute atomic E-state index is 12.0. The van der Waals surface area contributed by atoms with Crippen molar-refractivity contribution in [3.05, 3.63) is 11.1 Å². The molecule has 1 unspecified atom stereocenters. The van der Waals surface area contributed by atoms with Gasteiger partial charge in [0.2, 0.25) is 11.8 Å². The number of aliphatic carboxylic acids is 1. The number of amides is 2. The molecule has 114 valence electrons. The Kier molecular flexibility index (Phi) is 6.96. The minimum absolute atomic E-state index is 0.0249. The van der Waals surface area contributed by atoms with Gasteiger partial charge < -0.3 is 15.3 Å². The number of nitrogens with zero attached hydrogens (tertiary/aromatic N) is 1. The van der Waals surface area contributed by atoms with E-state index in [1.165, 1.54) is 18.7 Å². The molecule has 0 aromatic rings. The molecule has 0 aliphatic heterocycles. The van der Waals surface area contributed by atoms with Crippen molar-refractivity contribution in [1.82, 2.24) is 10.2 Å². The lowest BCUT2D eigenvalue weighted by atomic mass is 10.0. The van der Waals surface area contributed by atoms with Crippen molar-refractivity contribution in [2.24, 2.45) is 5.92 Å². The summed E-state index contributed by atoms with van der Waals surface area (Å²) in [5, 5.41) is 11.5. The van der Waals surface area contributed by atoms with Gasteiger partial charge in [-0.05, 0) is 26.2 Å². The van der Waals surface area contributed by atoms with Gasteiger partial charge in [-0.2, -0.15) is 0 Å². The Balaban J connectivity index is 5.09. The van der Waals surface area contributed by atoms with Crippen molar-refractivity contribution in [2.45, 2.75) is 40.2 Å². The molecule has 0 rings (SSSR count). The quantitative estimate of drug-likeness (QED) is 0.713. The third-order valence-electron chi connectivity index (χ3n) is 2.98. The second kappa shape index (κ2) is 7.67. The Hall–Kier alpha value is -1.85. The molecule has 0 heterocycles. The molecule has 2 N–H and O–H groups in total. The Morgan fingerprint density at radius 2 is 1.60 bits per heavy atom. The standard InChI is InChI=1S/C14H24N2O4/c1-8(2)7-11(13(18)16(5)6)15-12(17)9(3)10(4)14(19)20/h8,11H,7H2,1-6H3,(H,15,17)(H,19,20). The van der Waals surface area contributed by atoms with Gasteiger partial charge in [0.25, 0.3) is 0 Å². The Morgan fingerprint density at radius 3 is 1.95 bits per heavy atom. The fraction of sp³-hybridized carbons (Fsp3) is 0.643. The van der Waals surface area contributed by atoms with Gasteiger partial charge in [0.1, 0.15) is 6.04 Å². The molecule has 0 radical (unpaired) electrons. The summed E-state index contributed by atoms with van der Waals surface area (Å²) in [4.78, 5) is 36.3. The molecule has 0 bridgehead atoms. The largest absolute Gasteiger partial charge is 0.478 e. The fourth-order valence-electron chi connectivity index (χ4n) is 1.60. The number of carbonyl (C=O) groups excluding carboxylic acids is 2. The SMILES string of the molecule is CC(C(=O)O)=C(C)C(=O)NC(CC(C)C)C(=O)N(C)C. The predicted octanol–water partition coefficient (Wildman–Crippen LogP) is 1.03. The Labute approximate surface area is 119 Å². The summed E-state index contributed by atoms with van der Waals surface area (Å²) in [7, 11) is 3.24. The van der Waals surface area contributed by atoms with E-state index in [1.807, 2.05) is 13.8 Å². The number of hydrogen-bond donors (Lipinski definition) is 2. The van der Waals surface area contributed by atoms with Crippen LogP contribution in [-0.4, -0.2) is 47.9 Å². The van der Waals surface area contributed by atoms with Crippen molar-refractivity contribution >= 4 is 17.8 Å². The van der Waals surface area contributed by atoms with Crippen LogP contribution in [0.15, 0.2) is 11.1 Å². The van der Waals surface area contributed by atoms with E-state index in [0.29, 0.717) is 6.42 Å². The number of carboxylic acids is 1. The lowest BCUT2D eigenvalue weighted by Crippen LogP contribution is -2.47. The minimum Gasteiger partial charge on any atom is -0.478 e. The molecule has 0 aromatic heterocycles. The summed E-state index contributed by atoms with van der Waals surface area (Å²) in [6.45, 7) is 6.70. The van der Waals surface area contributed by atoms with Gasteiger partial charge >= 0.3 is 5.97 Å². The van der Waals surface area contributed by atoms with E-state index >= 15 is 0 Å². The summed E-state index contributed by atoms with van der Waals surface area (Å²) in [5.74, 6) is -1.63. The molecular formula is C14H24N2O4. The van der Waals surface area contributed by atoms with Crippen molar-refractivity contribution in [3.8, 4) is 0 Å². The average molecular weight is 284 g/mol. The number of hydrogen-bond acceptors (Lipinski definition) is 3. The second-order valence-corrected chi connectivity index (χ2v) is 5.44. The van der Waals surface area contributed by atoms with Crippen LogP contribution in [0.2, 0.25) is 0 Å². The van der Waals surface area contributed by atoms with E-state index in [-0.39, 0.29) is 23.0 Å². The molecule has 6 heteroatoms. The molecule has 0 saturated heterocycles. The topological polar surface area (TPSA) is 86.7 Å². The first-order valence-corrected chi connectivity index (χ1v) is 6.50. The zero-order valence-electron chi connectivity index (χ0n) is 13.0. The van der Waals surface area contributed by atoms with Crippen molar-refractivity contribution in [3.63, 3.8) is 0 Å². The van der Waals surface area contributed by atoms with E-state index in [1.54, 1.807) is 14.1 Å². The first-order valence-electron chi connectivity index (χ1n) is 6.50. The highest BCUT2D eigenvalue weighted by atomic mass is 16.4. The molecule has 0 aromatic carbocycles. The van der Waals surface area contributed by atoms with Crippen LogP contribution in [-0.2, 0) is 14.4 Å². The third kappa shape index (κ3) is 5.42. The number of nitrogens with one attached hydrogen (secondary N) is 1. The van der Waals surface area contributed by atoms with Crippen LogP contribution in [0.1, 0.15) is 34.1 Å². The summed E-state index contributed by atoms with van der Waals surface area (Å²) >= 11 is 0. The highest BCUT2D eigenvalue weighted by Gasteiger charge is 2.24. The van der Waals surface area contributed by atoms with E-state index < -0.39 is 17.9 Å². The summed E-state index contributed by atoms with van der Waals surface area (Å²) in [6.07, 6.45) is 0.502. The van der Waals surface area contributed by atoms with Crippen LogP contribution in [0.4, 0.5) is 0 Å². The van der Waals surface area contributed by atoms with Gasteiger partial charge in [0.15, 0.2) is 0 Å². The fourth-order valence-corrected chi connectivity index (χ4v) is 1.60. The third-order valence-corrected chi connectivity index (χ3v) is 2.98. The van der Waals surface area contributed by atoms with Gasteiger partial charge in [0, 0.05) is 25.2 Å². The normalized spacial score (nSPS) is 13.6. The van der Waals surface area contributed by atoms with Gasteiger partial charge in [0.05, 0.1) is 0 Å². The second-order valence-electron chi connectivity index (χ2n) is 5.44. The first kappa shape index (κ1) is 18.1. The van der Waals surface area contributed by atoms with Crippen molar-refractivity contribution < 1.29 is 19.5 Å². The van der Waals surface area contributed by atoms with E-state index in [2.05, 4.69) is 5.32 Å². The van der Waals surface area contributed by atoms with Gasteiger partial charge in [-0.1, -0.05) is 13.8 Å². The van der Waals surface area contributed by atoms with Crippen LogP contribution < -0.4 is 5.32 Å². The highest BCUT2D eigenvalue weighted by molar-refractivity contribution is 6.02. The molecule has 0 aliphatic rings. The monoisotopic (exact) mass is 284 g/mol. The molecule has 6 nitrogen and oxygen atoms in total. The summed E-state index contributed by atoms with van der Waals surface area (Å²) < 4.78 is 0. The molecule has 20 heavy (non-hydrogen) atoms. The van der Waals surface area contributed by atoms with E-state index in [4.69, 9.17) is 5.11 Å². The highest BCUT2D eigenvalue weighted by Crippen LogP contribution is 2.09. The minimum atomic E-state index is -1.14. The Morgan fingerprint density at radius 1 is 1.10 bits per heavy atom. The van der Waals surface area contributed by atoms with Crippen LogP contribution in [0.3, 0.4) is 0 Å². The van der Waals surface area contributed by atoms with Crippen LogP contribution in [0, 0.1) is 5.92 Å². The van der Waals surface area contributed by atoms with E-state index in [9.17, 15) is 14.4 Å². The molecule has 0 saturated carbocycles. The molecule has 0 aliphatic carbocycles.